The molecular formula is C21H24N6O4. The van der Waals surface area contributed by atoms with E-state index in [1.807, 2.05) is 6.20 Å². The van der Waals surface area contributed by atoms with Crippen LogP contribution in [0.3, 0.4) is 0 Å². The summed E-state index contributed by atoms with van der Waals surface area (Å²) >= 11 is 0. The first-order valence-corrected chi connectivity index (χ1v) is 10.5. The average Bonchev–Trinajstić information content (AvgIpc) is 3.34. The van der Waals surface area contributed by atoms with Crippen LogP contribution in [0, 0.1) is 12.8 Å². The number of rotatable bonds is 6. The molecule has 162 valence electrons. The summed E-state index contributed by atoms with van der Waals surface area (Å²) < 4.78 is 10.7. The molecule has 3 aliphatic rings. The molecule has 2 atom stereocenters. The van der Waals surface area contributed by atoms with Crippen molar-refractivity contribution in [1.82, 2.24) is 20.3 Å². The molecule has 10 nitrogen and oxygen atoms in total. The van der Waals surface area contributed by atoms with E-state index in [9.17, 15) is 9.59 Å². The van der Waals surface area contributed by atoms with E-state index in [0.717, 1.165) is 25.9 Å². The Labute approximate surface area is 179 Å². The second-order valence-corrected chi connectivity index (χ2v) is 8.16. The molecule has 4 heterocycles. The Balaban J connectivity index is 1.10. The van der Waals surface area contributed by atoms with E-state index >= 15 is 0 Å². The Morgan fingerprint density at radius 1 is 1.29 bits per heavy atom. The van der Waals surface area contributed by atoms with Crippen LogP contribution in [0.25, 0.3) is 0 Å². The number of hydrogen-bond acceptors (Lipinski definition) is 8. The standard InChI is InChI=1S/C21H24N6O4/c1-12-2-5-23-16-7-13(6-15(12)16)8-22-4-3-14-10-27(21(29)31-14)17-9-24-20-19(25-17)26-18(28)11-30-20/h2,5,9,13-14,22H,3-4,6-8,10-11H2,1H3,(H,25,26,28). The number of fused-ring (bicyclic) bond motifs is 2. The Morgan fingerprint density at radius 3 is 3.06 bits per heavy atom. The maximum Gasteiger partial charge on any atom is 0.415 e. The van der Waals surface area contributed by atoms with Crippen LogP contribution in [-0.4, -0.2) is 59.3 Å². The van der Waals surface area contributed by atoms with Gasteiger partial charge in [-0.25, -0.2) is 14.8 Å². The molecule has 0 saturated carbocycles. The number of amides is 2. The first-order chi connectivity index (χ1) is 15.1. The molecule has 0 spiro atoms. The zero-order valence-corrected chi connectivity index (χ0v) is 17.3. The molecule has 31 heavy (non-hydrogen) atoms. The lowest BCUT2D eigenvalue weighted by atomic mass is 10.1. The van der Waals surface area contributed by atoms with Crippen LogP contribution < -0.4 is 20.3 Å². The summed E-state index contributed by atoms with van der Waals surface area (Å²) in [7, 11) is 0. The molecule has 2 aromatic rings. The minimum Gasteiger partial charge on any atom is -0.465 e. The monoisotopic (exact) mass is 424 g/mol. The largest absolute Gasteiger partial charge is 0.465 e. The molecule has 2 unspecified atom stereocenters. The van der Waals surface area contributed by atoms with Crippen molar-refractivity contribution in [3.8, 4) is 5.88 Å². The molecule has 2 amide bonds. The predicted molar refractivity (Wildman–Crippen MR) is 111 cm³/mol. The number of aromatic nitrogens is 3. The van der Waals surface area contributed by atoms with Gasteiger partial charge in [-0.1, -0.05) is 0 Å². The highest BCUT2D eigenvalue weighted by atomic mass is 16.6. The van der Waals surface area contributed by atoms with Gasteiger partial charge in [0.2, 0.25) is 0 Å². The number of pyridine rings is 1. The summed E-state index contributed by atoms with van der Waals surface area (Å²) in [6, 6.07) is 2.07. The fourth-order valence-electron chi connectivity index (χ4n) is 4.29. The minimum absolute atomic E-state index is 0.0923. The lowest BCUT2D eigenvalue weighted by Crippen LogP contribution is -2.30. The second kappa shape index (κ2) is 8.10. The predicted octanol–water partition coefficient (Wildman–Crippen LogP) is 1.23. The lowest BCUT2D eigenvalue weighted by molar-refractivity contribution is -0.118. The van der Waals surface area contributed by atoms with Gasteiger partial charge >= 0.3 is 6.09 Å². The number of aryl methyl sites for hydroxylation is 1. The Bertz CT molecular complexity index is 1030. The fraction of sp³-hybridized carbons (Fsp3) is 0.476. The van der Waals surface area contributed by atoms with Crippen LogP contribution in [0.2, 0.25) is 0 Å². The molecule has 5 rings (SSSR count). The van der Waals surface area contributed by atoms with Gasteiger partial charge in [0.1, 0.15) is 6.10 Å². The highest BCUT2D eigenvalue weighted by Crippen LogP contribution is 2.28. The van der Waals surface area contributed by atoms with Crippen molar-refractivity contribution < 1.29 is 19.1 Å². The normalized spacial score (nSPS) is 21.9. The number of hydrogen-bond donors (Lipinski definition) is 2. The number of nitrogens with zero attached hydrogens (tertiary/aromatic N) is 4. The molecule has 0 radical (unpaired) electrons. The van der Waals surface area contributed by atoms with E-state index in [0.29, 0.717) is 24.7 Å². The third-order valence-electron chi connectivity index (χ3n) is 5.90. The topological polar surface area (TPSA) is 119 Å². The number of nitrogens with one attached hydrogen (secondary N) is 2. The van der Waals surface area contributed by atoms with Crippen LogP contribution in [0.4, 0.5) is 16.4 Å². The molecule has 1 fully saturated rings. The zero-order chi connectivity index (χ0) is 21.4. The highest BCUT2D eigenvalue weighted by Gasteiger charge is 2.34. The number of anilines is 2. The summed E-state index contributed by atoms with van der Waals surface area (Å²) in [4.78, 5) is 38.1. The first kappa shape index (κ1) is 19.7. The molecule has 2 aromatic heterocycles. The van der Waals surface area contributed by atoms with Crippen molar-refractivity contribution in [3.05, 3.63) is 35.3 Å². The smallest absolute Gasteiger partial charge is 0.415 e. The Hall–Kier alpha value is -3.27. The summed E-state index contributed by atoms with van der Waals surface area (Å²) in [6.45, 7) is 4.11. The van der Waals surface area contributed by atoms with Gasteiger partial charge in [0.15, 0.2) is 18.2 Å². The lowest BCUT2D eigenvalue weighted by Gasteiger charge is -2.18. The minimum atomic E-state index is -0.463. The third-order valence-corrected chi connectivity index (χ3v) is 5.90. The SMILES string of the molecule is Cc1ccnc2c1CC(CNCCC1CN(c3cnc4c(n3)NC(=O)CO4)C(=O)O1)C2. The summed E-state index contributed by atoms with van der Waals surface area (Å²) in [5.74, 6) is 1.04. The molecule has 1 saturated heterocycles. The van der Waals surface area contributed by atoms with E-state index in [1.54, 1.807) is 0 Å². The third kappa shape index (κ3) is 4.02. The van der Waals surface area contributed by atoms with Gasteiger partial charge in [0, 0.05) is 11.9 Å². The molecule has 2 aliphatic heterocycles. The summed E-state index contributed by atoms with van der Waals surface area (Å²) in [6.07, 6.45) is 5.42. The molecular weight excluding hydrogens is 400 g/mol. The number of carbonyl (C=O) groups excluding carboxylic acids is 2. The average molecular weight is 424 g/mol. The van der Waals surface area contributed by atoms with Crippen molar-refractivity contribution >= 4 is 23.6 Å². The molecule has 10 heteroatoms. The van der Waals surface area contributed by atoms with Crippen LogP contribution in [-0.2, 0) is 22.4 Å². The zero-order valence-electron chi connectivity index (χ0n) is 17.3. The van der Waals surface area contributed by atoms with Gasteiger partial charge in [0.05, 0.1) is 12.7 Å². The van der Waals surface area contributed by atoms with Crippen molar-refractivity contribution in [2.24, 2.45) is 5.92 Å². The van der Waals surface area contributed by atoms with E-state index in [4.69, 9.17) is 9.47 Å². The van der Waals surface area contributed by atoms with Crippen molar-refractivity contribution in [1.29, 1.82) is 0 Å². The second-order valence-electron chi connectivity index (χ2n) is 8.16. The highest BCUT2D eigenvalue weighted by molar-refractivity contribution is 5.94. The van der Waals surface area contributed by atoms with Gasteiger partial charge in [-0.05, 0) is 62.4 Å². The quantitative estimate of drug-likeness (QED) is 0.665. The van der Waals surface area contributed by atoms with Crippen LogP contribution in [0.1, 0.15) is 23.2 Å². The van der Waals surface area contributed by atoms with E-state index < -0.39 is 6.09 Å². The maximum atomic E-state index is 12.3. The molecule has 1 aliphatic carbocycles. The summed E-state index contributed by atoms with van der Waals surface area (Å²) in [5, 5.41) is 6.09. The number of cyclic esters (lactones) is 1. The summed E-state index contributed by atoms with van der Waals surface area (Å²) in [5.41, 5.74) is 3.93. The Kier molecular flexibility index (Phi) is 5.14. The van der Waals surface area contributed by atoms with E-state index in [1.165, 1.54) is 27.9 Å². The first-order valence-electron chi connectivity index (χ1n) is 10.5. The van der Waals surface area contributed by atoms with E-state index in [-0.39, 0.29) is 30.3 Å². The van der Waals surface area contributed by atoms with E-state index in [2.05, 4.69) is 38.6 Å². The van der Waals surface area contributed by atoms with Crippen LogP contribution >= 0.6 is 0 Å². The fourth-order valence-corrected chi connectivity index (χ4v) is 4.29. The number of carbonyl (C=O) groups is 2. The van der Waals surface area contributed by atoms with Crippen LogP contribution in [0.15, 0.2) is 18.5 Å². The van der Waals surface area contributed by atoms with Crippen molar-refractivity contribution in [3.63, 3.8) is 0 Å². The maximum absolute atomic E-state index is 12.3. The molecule has 0 aromatic carbocycles. The van der Waals surface area contributed by atoms with Crippen molar-refractivity contribution in [2.75, 3.05) is 36.5 Å². The van der Waals surface area contributed by atoms with Crippen LogP contribution in [0.5, 0.6) is 5.88 Å². The Morgan fingerprint density at radius 2 is 2.19 bits per heavy atom. The van der Waals surface area contributed by atoms with Gasteiger partial charge in [-0.3, -0.25) is 14.7 Å². The molecule has 0 bridgehead atoms. The molecule has 2 N–H and O–H groups in total. The van der Waals surface area contributed by atoms with Gasteiger partial charge < -0.3 is 20.1 Å². The van der Waals surface area contributed by atoms with Gasteiger partial charge in [0.25, 0.3) is 11.8 Å². The van der Waals surface area contributed by atoms with Gasteiger partial charge in [-0.15, -0.1) is 0 Å². The van der Waals surface area contributed by atoms with Crippen molar-refractivity contribution in [2.45, 2.75) is 32.3 Å². The number of ether oxygens (including phenoxy) is 2. The van der Waals surface area contributed by atoms with Gasteiger partial charge in [-0.2, -0.15) is 0 Å².